The van der Waals surface area contributed by atoms with Crippen LogP contribution in [0.2, 0.25) is 0 Å². The molecule has 0 saturated heterocycles. The number of carbonyl (C=O) groups is 1. The van der Waals surface area contributed by atoms with E-state index < -0.39 is 0 Å². The van der Waals surface area contributed by atoms with Gasteiger partial charge in [0.1, 0.15) is 10.7 Å². The number of nitrogens with zero attached hydrogens (tertiary/aromatic N) is 1. The average molecular weight is 330 g/mol. The van der Waals surface area contributed by atoms with E-state index in [0.717, 1.165) is 29.0 Å². The Morgan fingerprint density at radius 1 is 1.52 bits per heavy atom. The summed E-state index contributed by atoms with van der Waals surface area (Å²) in [7, 11) is 0. The van der Waals surface area contributed by atoms with Crippen molar-refractivity contribution in [2.45, 2.75) is 33.1 Å². The van der Waals surface area contributed by atoms with Crippen LogP contribution in [0.3, 0.4) is 0 Å². The minimum absolute atomic E-state index is 0.0484. The second kappa shape index (κ2) is 6.28. The van der Waals surface area contributed by atoms with Gasteiger partial charge in [-0.1, -0.05) is 13.8 Å². The predicted molar refractivity (Wildman–Crippen MR) is 94.2 cm³/mol. The average Bonchev–Trinajstić information content (AvgIpc) is 2.92. The van der Waals surface area contributed by atoms with Gasteiger partial charge in [-0.3, -0.25) is 10.2 Å². The summed E-state index contributed by atoms with van der Waals surface area (Å²) in [4.78, 5) is 18.4. The molecule has 0 radical (unpaired) electrons. The highest BCUT2D eigenvalue weighted by molar-refractivity contribution is 7.20. The zero-order valence-corrected chi connectivity index (χ0v) is 14.3. The van der Waals surface area contributed by atoms with E-state index in [4.69, 9.17) is 16.1 Å². The number of rotatable bonds is 4. The van der Waals surface area contributed by atoms with E-state index in [1.807, 2.05) is 6.07 Å². The zero-order valence-electron chi connectivity index (χ0n) is 13.5. The number of hydrogen-bond acceptors (Lipinski definition) is 4. The molecule has 1 unspecified atom stereocenters. The molecule has 1 atom stereocenters. The van der Waals surface area contributed by atoms with Crippen LogP contribution in [0.15, 0.2) is 12.1 Å². The summed E-state index contributed by atoms with van der Waals surface area (Å²) in [6.07, 6.45) is 3.30. The van der Waals surface area contributed by atoms with E-state index in [0.29, 0.717) is 10.8 Å². The normalized spacial score (nSPS) is 17.3. The van der Waals surface area contributed by atoms with E-state index in [2.05, 4.69) is 25.2 Å². The molecule has 2 aromatic rings. The van der Waals surface area contributed by atoms with Crippen LogP contribution in [-0.4, -0.2) is 23.3 Å². The van der Waals surface area contributed by atoms with Crippen molar-refractivity contribution in [3.05, 3.63) is 28.3 Å². The molecule has 4 N–H and O–H groups in total. The molecule has 23 heavy (non-hydrogen) atoms. The van der Waals surface area contributed by atoms with Crippen molar-refractivity contribution in [2.24, 2.45) is 17.6 Å². The number of carbonyl (C=O) groups excluding carboxylic acids is 1. The number of aryl methyl sites for hydroxylation is 1. The third-order valence-electron chi connectivity index (χ3n) is 4.52. The largest absolute Gasteiger partial charge is 0.386 e. The van der Waals surface area contributed by atoms with Crippen LogP contribution in [0.25, 0.3) is 10.2 Å². The molecule has 1 amide bonds. The first-order valence-corrected chi connectivity index (χ1v) is 8.79. The molecule has 3 rings (SSSR count). The number of fused-ring (bicyclic) bond motifs is 2. The lowest BCUT2D eigenvalue weighted by molar-refractivity contribution is 0.0963. The maximum Gasteiger partial charge on any atom is 0.261 e. The van der Waals surface area contributed by atoms with Gasteiger partial charge in [0.25, 0.3) is 5.91 Å². The highest BCUT2D eigenvalue weighted by Crippen LogP contribution is 2.33. The fourth-order valence-electron chi connectivity index (χ4n) is 3.10. The van der Waals surface area contributed by atoms with Crippen LogP contribution in [-0.2, 0) is 12.8 Å². The third-order valence-corrected chi connectivity index (χ3v) is 5.56. The SMILES string of the molecule is CC(C)C1CCc2nc3sc(C(=O)NCC(=N)N)cc3cc2C1. The van der Waals surface area contributed by atoms with E-state index in [-0.39, 0.29) is 18.3 Å². The number of thiophene rings is 1. The fraction of sp³-hybridized carbons (Fsp3) is 0.471. The van der Waals surface area contributed by atoms with Crippen molar-refractivity contribution in [1.29, 1.82) is 5.41 Å². The molecule has 6 heteroatoms. The summed E-state index contributed by atoms with van der Waals surface area (Å²) >= 11 is 1.40. The molecule has 0 saturated carbocycles. The van der Waals surface area contributed by atoms with Crippen molar-refractivity contribution in [3.8, 4) is 0 Å². The van der Waals surface area contributed by atoms with Gasteiger partial charge in [0.15, 0.2) is 0 Å². The molecule has 2 heterocycles. The topological polar surface area (TPSA) is 91.9 Å². The van der Waals surface area contributed by atoms with Crippen LogP contribution < -0.4 is 11.1 Å². The first-order valence-electron chi connectivity index (χ1n) is 7.97. The highest BCUT2D eigenvalue weighted by atomic mass is 32.1. The van der Waals surface area contributed by atoms with E-state index in [1.165, 1.54) is 29.0 Å². The minimum Gasteiger partial charge on any atom is -0.386 e. The van der Waals surface area contributed by atoms with Gasteiger partial charge in [0.2, 0.25) is 0 Å². The summed E-state index contributed by atoms with van der Waals surface area (Å²) < 4.78 is 0. The molecule has 0 bridgehead atoms. The van der Waals surface area contributed by atoms with Crippen LogP contribution in [0, 0.1) is 17.2 Å². The van der Waals surface area contributed by atoms with Gasteiger partial charge in [0, 0.05) is 11.1 Å². The standard InChI is InChI=1S/C17H22N4OS/c1-9(2)10-3-4-13-11(5-10)6-12-7-14(23-17(12)21-13)16(22)20-8-15(18)19/h6-7,9-10H,3-5,8H2,1-2H3,(H3,18,19)(H,20,22). The molecular weight excluding hydrogens is 308 g/mol. The molecule has 0 fully saturated rings. The van der Waals surface area contributed by atoms with Crippen molar-refractivity contribution in [2.75, 3.05) is 6.54 Å². The van der Waals surface area contributed by atoms with Crippen molar-refractivity contribution >= 4 is 33.3 Å². The van der Waals surface area contributed by atoms with Gasteiger partial charge < -0.3 is 11.1 Å². The smallest absolute Gasteiger partial charge is 0.261 e. The van der Waals surface area contributed by atoms with Crippen LogP contribution in [0.1, 0.15) is 41.2 Å². The van der Waals surface area contributed by atoms with Crippen LogP contribution in [0.5, 0.6) is 0 Å². The van der Waals surface area contributed by atoms with Crippen LogP contribution in [0.4, 0.5) is 0 Å². The molecule has 122 valence electrons. The summed E-state index contributed by atoms with van der Waals surface area (Å²) in [6.45, 7) is 4.64. The van der Waals surface area contributed by atoms with Gasteiger partial charge in [-0.05, 0) is 48.8 Å². The summed E-state index contributed by atoms with van der Waals surface area (Å²) in [5, 5.41) is 10.9. The van der Waals surface area contributed by atoms with Crippen molar-refractivity contribution in [1.82, 2.24) is 10.3 Å². The lowest BCUT2D eigenvalue weighted by Crippen LogP contribution is -2.32. The fourth-order valence-corrected chi connectivity index (χ4v) is 4.05. The van der Waals surface area contributed by atoms with E-state index in [1.54, 1.807) is 0 Å². The van der Waals surface area contributed by atoms with Gasteiger partial charge in [-0.15, -0.1) is 11.3 Å². The van der Waals surface area contributed by atoms with Crippen molar-refractivity contribution < 1.29 is 4.79 Å². The maximum absolute atomic E-state index is 12.1. The molecule has 5 nitrogen and oxygen atoms in total. The Morgan fingerprint density at radius 2 is 2.30 bits per heavy atom. The maximum atomic E-state index is 12.1. The quantitative estimate of drug-likeness (QED) is 0.594. The Labute approximate surface area is 139 Å². The Balaban J connectivity index is 1.86. The molecule has 0 spiro atoms. The third kappa shape index (κ3) is 3.37. The van der Waals surface area contributed by atoms with Crippen molar-refractivity contribution in [3.63, 3.8) is 0 Å². The molecule has 1 aliphatic carbocycles. The Bertz CT molecular complexity index is 765. The van der Waals surface area contributed by atoms with Crippen LogP contribution >= 0.6 is 11.3 Å². The second-order valence-electron chi connectivity index (χ2n) is 6.55. The highest BCUT2D eigenvalue weighted by Gasteiger charge is 2.23. The first-order chi connectivity index (χ1) is 10.9. The van der Waals surface area contributed by atoms with Gasteiger partial charge in [-0.2, -0.15) is 0 Å². The van der Waals surface area contributed by atoms with E-state index >= 15 is 0 Å². The predicted octanol–water partition coefficient (Wildman–Crippen LogP) is 2.72. The number of nitrogens with two attached hydrogens (primary N) is 1. The lowest BCUT2D eigenvalue weighted by Gasteiger charge is -2.26. The number of pyridine rings is 1. The zero-order chi connectivity index (χ0) is 16.6. The number of amides is 1. The molecule has 0 aliphatic heterocycles. The second-order valence-corrected chi connectivity index (χ2v) is 7.58. The lowest BCUT2D eigenvalue weighted by atomic mass is 9.80. The number of nitrogens with one attached hydrogen (secondary N) is 2. The van der Waals surface area contributed by atoms with Gasteiger partial charge in [-0.25, -0.2) is 4.98 Å². The molecule has 1 aliphatic rings. The molecule has 2 aromatic heterocycles. The monoisotopic (exact) mass is 330 g/mol. The summed E-state index contributed by atoms with van der Waals surface area (Å²) in [5.74, 6) is 1.17. The summed E-state index contributed by atoms with van der Waals surface area (Å²) in [5.41, 5.74) is 7.79. The van der Waals surface area contributed by atoms with Gasteiger partial charge in [0.05, 0.1) is 11.4 Å². The molecule has 0 aromatic carbocycles. The summed E-state index contributed by atoms with van der Waals surface area (Å²) in [6, 6.07) is 4.09. The number of aromatic nitrogens is 1. The minimum atomic E-state index is -0.193. The molecular formula is C17H22N4OS. The number of hydrogen-bond donors (Lipinski definition) is 3. The Morgan fingerprint density at radius 3 is 3.00 bits per heavy atom. The first kappa shape index (κ1) is 15.9. The Kier molecular flexibility index (Phi) is 4.35. The Hall–Kier alpha value is -1.95. The number of amidine groups is 1. The van der Waals surface area contributed by atoms with Gasteiger partial charge >= 0.3 is 0 Å². The van der Waals surface area contributed by atoms with E-state index in [9.17, 15) is 4.79 Å².